The quantitative estimate of drug-likeness (QED) is 0.0320. The normalized spacial score (nSPS) is 12.5. The van der Waals surface area contributed by atoms with Crippen molar-refractivity contribution in [3.8, 4) is 0 Å². The molecule has 0 aromatic carbocycles. The lowest BCUT2D eigenvalue weighted by molar-refractivity contribution is -0.143. The number of aliphatic hydroxyl groups is 2. The van der Waals surface area contributed by atoms with Gasteiger partial charge >= 0.3 is 5.97 Å². The third kappa shape index (κ3) is 69.6. The number of carbonyl (C=O) groups is 2. The van der Waals surface area contributed by atoms with Crippen LogP contribution in [0, 0.1) is 0 Å². The van der Waals surface area contributed by atoms with Crippen LogP contribution >= 0.6 is 0 Å². The van der Waals surface area contributed by atoms with Gasteiger partial charge in [-0.15, -0.1) is 0 Å². The molecule has 0 fully saturated rings. The molecule has 494 valence electrons. The average molecular weight is 1170 g/mol. The molecule has 0 saturated carbocycles. The Kier molecular flexibility index (Phi) is 71.8. The molecule has 0 aromatic rings. The molecule has 83 heavy (non-hydrogen) atoms. The number of esters is 1. The number of hydrogen-bond acceptors (Lipinski definition) is 5. The molecule has 0 aliphatic rings. The third-order valence-corrected chi connectivity index (χ3v) is 18.3. The third-order valence-electron chi connectivity index (χ3n) is 18.3. The van der Waals surface area contributed by atoms with Gasteiger partial charge in [0.25, 0.3) is 0 Å². The summed E-state index contributed by atoms with van der Waals surface area (Å²) in [6.45, 7) is 4.99. The Bertz CT molecular complexity index is 1260. The van der Waals surface area contributed by atoms with Crippen LogP contribution in [0.15, 0.2) is 12.2 Å². The number of unbranched alkanes of at least 4 members (excludes halogenated alkanes) is 60. The molecule has 0 bridgehead atoms. The molecular formula is C77H151NO5. The van der Waals surface area contributed by atoms with Crippen LogP contribution < -0.4 is 5.32 Å². The summed E-state index contributed by atoms with van der Waals surface area (Å²) in [4.78, 5) is 24.6. The van der Waals surface area contributed by atoms with E-state index < -0.39 is 12.1 Å². The van der Waals surface area contributed by atoms with Crippen molar-refractivity contribution >= 4 is 11.9 Å². The highest BCUT2D eigenvalue weighted by atomic mass is 16.5. The van der Waals surface area contributed by atoms with E-state index in [-0.39, 0.29) is 18.5 Å². The minimum Gasteiger partial charge on any atom is -0.466 e. The van der Waals surface area contributed by atoms with Crippen LogP contribution in [0.2, 0.25) is 0 Å². The van der Waals surface area contributed by atoms with E-state index >= 15 is 0 Å². The number of allylic oxidation sites excluding steroid dienone is 2. The SMILES string of the molecule is CCCCCCC/C=C\CCCCCCCC(=O)OCCCCCCCCCCCCCCCCCCCCCCCCCCCCCCCCCC(=O)NC(CO)C(O)CCCCCCCCCCCCCCCCCCCCCCC. The Balaban J connectivity index is 3.33. The summed E-state index contributed by atoms with van der Waals surface area (Å²) in [6, 6.07) is -0.539. The molecule has 0 spiro atoms. The zero-order chi connectivity index (χ0) is 59.9. The fourth-order valence-corrected chi connectivity index (χ4v) is 12.5. The second kappa shape index (κ2) is 73.1. The molecular weight excluding hydrogens is 1020 g/mol. The highest BCUT2D eigenvalue weighted by Gasteiger charge is 2.20. The summed E-state index contributed by atoms with van der Waals surface area (Å²) >= 11 is 0. The van der Waals surface area contributed by atoms with Crippen molar-refractivity contribution in [2.75, 3.05) is 13.2 Å². The van der Waals surface area contributed by atoms with Gasteiger partial charge in [-0.1, -0.05) is 392 Å². The van der Waals surface area contributed by atoms with Crippen molar-refractivity contribution < 1.29 is 24.5 Å². The molecule has 3 N–H and O–H groups in total. The predicted molar refractivity (Wildman–Crippen MR) is 366 cm³/mol. The first-order valence-electron chi connectivity index (χ1n) is 38.4. The van der Waals surface area contributed by atoms with Gasteiger partial charge in [0.05, 0.1) is 25.4 Å². The number of ether oxygens (including phenoxy) is 1. The maximum Gasteiger partial charge on any atom is 0.305 e. The smallest absolute Gasteiger partial charge is 0.305 e. The number of amides is 1. The second-order valence-electron chi connectivity index (χ2n) is 26.7. The van der Waals surface area contributed by atoms with E-state index in [4.69, 9.17) is 4.74 Å². The summed E-state index contributed by atoms with van der Waals surface area (Å²) in [5, 5.41) is 23.4. The number of rotatable bonds is 73. The molecule has 0 aliphatic heterocycles. The summed E-state index contributed by atoms with van der Waals surface area (Å²) in [7, 11) is 0. The van der Waals surface area contributed by atoms with E-state index in [0.717, 1.165) is 44.9 Å². The number of aliphatic hydroxyl groups excluding tert-OH is 2. The van der Waals surface area contributed by atoms with Gasteiger partial charge in [0.1, 0.15) is 0 Å². The first-order chi connectivity index (χ1) is 41.0. The fraction of sp³-hybridized carbons (Fsp3) is 0.948. The number of nitrogens with one attached hydrogen (secondary N) is 1. The summed E-state index contributed by atoms with van der Waals surface area (Å²) in [6.07, 6.45) is 91.5. The van der Waals surface area contributed by atoms with E-state index in [0.29, 0.717) is 25.9 Å². The van der Waals surface area contributed by atoms with Gasteiger partial charge in [0.2, 0.25) is 5.91 Å². The Morgan fingerprint density at radius 2 is 0.566 bits per heavy atom. The van der Waals surface area contributed by atoms with Crippen molar-refractivity contribution in [2.45, 2.75) is 456 Å². The topological polar surface area (TPSA) is 95.9 Å². The first-order valence-corrected chi connectivity index (χ1v) is 38.4. The average Bonchev–Trinajstić information content (AvgIpc) is 3.49. The zero-order valence-electron chi connectivity index (χ0n) is 56.7. The van der Waals surface area contributed by atoms with Gasteiger partial charge in [-0.05, 0) is 51.4 Å². The second-order valence-corrected chi connectivity index (χ2v) is 26.7. The van der Waals surface area contributed by atoms with Crippen LogP contribution in [0.4, 0.5) is 0 Å². The van der Waals surface area contributed by atoms with Crippen molar-refractivity contribution in [3.05, 3.63) is 12.2 Å². The predicted octanol–water partition coefficient (Wildman–Crippen LogP) is 25.1. The molecule has 6 nitrogen and oxygen atoms in total. The van der Waals surface area contributed by atoms with Crippen LogP contribution in [-0.4, -0.2) is 47.4 Å². The monoisotopic (exact) mass is 1170 g/mol. The minimum absolute atomic E-state index is 0.0133. The Morgan fingerprint density at radius 3 is 0.855 bits per heavy atom. The summed E-state index contributed by atoms with van der Waals surface area (Å²) in [5.41, 5.74) is 0. The molecule has 6 heteroatoms. The molecule has 2 unspecified atom stereocenters. The highest BCUT2D eigenvalue weighted by Crippen LogP contribution is 2.20. The zero-order valence-corrected chi connectivity index (χ0v) is 56.7. The van der Waals surface area contributed by atoms with Gasteiger partial charge in [0.15, 0.2) is 0 Å². The van der Waals surface area contributed by atoms with Crippen molar-refractivity contribution in [1.29, 1.82) is 0 Å². The largest absolute Gasteiger partial charge is 0.466 e. The van der Waals surface area contributed by atoms with Crippen LogP contribution in [0.5, 0.6) is 0 Å². The molecule has 0 radical (unpaired) electrons. The van der Waals surface area contributed by atoms with Gasteiger partial charge in [-0.3, -0.25) is 9.59 Å². The van der Waals surface area contributed by atoms with Crippen LogP contribution in [0.25, 0.3) is 0 Å². The molecule has 0 aromatic heterocycles. The number of carbonyl (C=O) groups excluding carboxylic acids is 2. The fourth-order valence-electron chi connectivity index (χ4n) is 12.5. The Labute approximate surface area is 520 Å². The molecule has 0 saturated heterocycles. The minimum atomic E-state index is -0.662. The van der Waals surface area contributed by atoms with Gasteiger partial charge < -0.3 is 20.3 Å². The van der Waals surface area contributed by atoms with Crippen molar-refractivity contribution in [1.82, 2.24) is 5.32 Å². The summed E-state index contributed by atoms with van der Waals surface area (Å²) in [5.74, 6) is -0.0120. The van der Waals surface area contributed by atoms with Gasteiger partial charge in [0, 0.05) is 12.8 Å². The molecule has 2 atom stereocenters. The maximum absolute atomic E-state index is 12.6. The Morgan fingerprint density at radius 1 is 0.325 bits per heavy atom. The van der Waals surface area contributed by atoms with Crippen LogP contribution in [0.1, 0.15) is 444 Å². The van der Waals surface area contributed by atoms with E-state index in [1.807, 2.05) is 0 Å². The standard InChI is InChI=1S/C77H151NO5/c1-3-5-7-9-11-13-15-17-19-20-21-33-36-39-42-45-49-53-57-61-65-69-75(80)74(73-79)78-76(81)70-66-62-58-54-50-46-43-40-37-34-31-29-27-25-23-22-24-26-28-30-32-35-38-41-44-48-52-56-60-64-68-72-83-77(82)71-67-63-59-55-51-47-18-16-14-12-10-8-6-4-2/h16,18,74-75,79-80H,3-15,17,19-73H2,1-2H3,(H,78,81)/b18-16-. The van der Waals surface area contributed by atoms with Crippen molar-refractivity contribution in [2.24, 2.45) is 0 Å². The lowest BCUT2D eigenvalue weighted by Crippen LogP contribution is -2.45. The first kappa shape index (κ1) is 81.6. The van der Waals surface area contributed by atoms with E-state index in [1.165, 1.54) is 366 Å². The maximum atomic E-state index is 12.6. The highest BCUT2D eigenvalue weighted by molar-refractivity contribution is 5.76. The van der Waals surface area contributed by atoms with Gasteiger partial charge in [-0.25, -0.2) is 0 Å². The lowest BCUT2D eigenvalue weighted by atomic mass is 10.0. The number of hydrogen-bond donors (Lipinski definition) is 3. The van der Waals surface area contributed by atoms with Crippen molar-refractivity contribution in [3.63, 3.8) is 0 Å². The van der Waals surface area contributed by atoms with Crippen LogP contribution in [-0.2, 0) is 14.3 Å². The summed E-state index contributed by atoms with van der Waals surface area (Å²) < 4.78 is 5.49. The molecule has 1 amide bonds. The Hall–Kier alpha value is -1.40. The van der Waals surface area contributed by atoms with Gasteiger partial charge in [-0.2, -0.15) is 0 Å². The van der Waals surface area contributed by atoms with E-state index in [1.54, 1.807) is 0 Å². The molecule has 0 heterocycles. The van der Waals surface area contributed by atoms with E-state index in [9.17, 15) is 19.8 Å². The van der Waals surface area contributed by atoms with E-state index in [2.05, 4.69) is 31.3 Å². The lowest BCUT2D eigenvalue weighted by Gasteiger charge is -2.22. The van der Waals surface area contributed by atoms with Crippen LogP contribution in [0.3, 0.4) is 0 Å². The molecule has 0 aliphatic carbocycles. The molecule has 0 rings (SSSR count).